The van der Waals surface area contributed by atoms with Crippen molar-refractivity contribution in [3.63, 3.8) is 0 Å². The van der Waals surface area contributed by atoms with Crippen LogP contribution in [0.25, 0.3) is 66.2 Å². The standard InChI is InChI=1S/C48H39N4O.2C9H11.Bi.Pt/c1-46(2,3)30-24-25-49-41(26-30)51-39-19-12-11-16-34(39)35-23-21-32(28-40(35)51)53-31-20-22-33-36-17-13-18-38-43(36)52-44(48(6,7)47(38,4)5)42(29-14-9-8-10-15-29)50-45(52)37(33)27-31;2*1-7-4-8(2)6-9(3)5-7;;/h8-10,12-26H,1-7H3;2*4-5H,1-3H3;;/q-2;;;;+2. The molecule has 5 heterocycles. The van der Waals surface area contributed by atoms with Crippen LogP contribution in [0.15, 0.2) is 134 Å². The predicted molar refractivity (Wildman–Crippen MR) is 303 cm³/mol. The summed E-state index contributed by atoms with van der Waals surface area (Å²) in [5.41, 5.74) is 17.8. The molecule has 0 saturated heterocycles. The van der Waals surface area contributed by atoms with Crippen LogP contribution in [0, 0.1) is 53.7 Å². The van der Waals surface area contributed by atoms with E-state index in [9.17, 15) is 0 Å². The van der Waals surface area contributed by atoms with Gasteiger partial charge in [-0.3, -0.25) is 4.98 Å². The van der Waals surface area contributed by atoms with E-state index in [0.717, 1.165) is 49.9 Å². The molecule has 4 aromatic heterocycles. The van der Waals surface area contributed by atoms with E-state index in [1.807, 2.05) is 6.20 Å². The number of hydrogen-bond acceptors (Lipinski definition) is 3. The number of aromatic nitrogens is 4. The second-order valence-electron chi connectivity index (χ2n) is 22.6. The van der Waals surface area contributed by atoms with Crippen LogP contribution in [-0.4, -0.2) is 40.7 Å². The fourth-order valence-electron chi connectivity index (χ4n) is 12.1. The summed E-state index contributed by atoms with van der Waals surface area (Å²) in [6.07, 6.45) is 1.95. The fourth-order valence-corrected chi connectivity index (χ4v) is 23.4. The second kappa shape index (κ2) is 17.6. The Balaban J connectivity index is 0.00000574. The largest absolute Gasteiger partial charge is 2.00 e. The normalized spacial score (nSPS) is 14.1. The van der Waals surface area contributed by atoms with Gasteiger partial charge < -0.3 is 4.40 Å². The molecule has 7 heteroatoms. The SMILES string of the molecule is Cc1cc(C)[c]([Bi]([c]2ccc3c(c2)c2ccc(Oc4[c-]c5c(cc4)c4cccc6c4n4c(c(-c7ccccc7)nc54)C(C)(C)C6(C)C)[c-]c2n3-c2cc(C(C)(C)C)ccn2)[c]2c(C)cc(C)cc2C)c(C)c1.[Pt+2]. The first-order valence-corrected chi connectivity index (χ1v) is 30.5. The number of ether oxygens (including phenoxy) is 1. The topological polar surface area (TPSA) is 44.4 Å². The van der Waals surface area contributed by atoms with Gasteiger partial charge in [-0.2, -0.15) is 0 Å². The van der Waals surface area contributed by atoms with E-state index in [4.69, 9.17) is 14.7 Å². The summed E-state index contributed by atoms with van der Waals surface area (Å²) < 4.78 is 16.3. The maximum absolute atomic E-state index is 6.93. The molecule has 0 fully saturated rings. The van der Waals surface area contributed by atoms with Gasteiger partial charge in [0.2, 0.25) is 0 Å². The number of rotatable bonds is 7. The number of hydrogen-bond donors (Lipinski definition) is 0. The number of imidazole rings is 1. The van der Waals surface area contributed by atoms with Crippen LogP contribution in [0.5, 0.6) is 11.5 Å². The van der Waals surface area contributed by atoms with Crippen molar-refractivity contribution in [2.24, 2.45) is 0 Å². The molecule has 5 nitrogen and oxygen atoms in total. The summed E-state index contributed by atoms with van der Waals surface area (Å²) in [4.78, 5) is 10.6. The van der Waals surface area contributed by atoms with Crippen LogP contribution in [0.3, 0.4) is 0 Å². The molecule has 1 aliphatic rings. The van der Waals surface area contributed by atoms with Crippen LogP contribution < -0.4 is 14.6 Å². The number of aryl methyl sites for hydroxylation is 6. The van der Waals surface area contributed by atoms with Crippen LogP contribution in [0.2, 0.25) is 0 Å². The Bertz CT molecular complexity index is 3970. The zero-order chi connectivity index (χ0) is 50.3. The smallest absolute Gasteiger partial charge is 2.00 e. The molecule has 7 aromatic carbocycles. The van der Waals surface area contributed by atoms with Gasteiger partial charge in [-0.05, 0) is 10.9 Å². The zero-order valence-corrected chi connectivity index (χ0v) is 49.9. The minimum atomic E-state index is -2.96. The maximum atomic E-state index is 6.93. The molecule has 11 aromatic rings. The zero-order valence-electron chi connectivity index (χ0n) is 44.2. The van der Waals surface area contributed by atoms with E-state index < -0.39 is 21.8 Å². The van der Waals surface area contributed by atoms with Gasteiger partial charge in [0.05, 0.1) is 5.69 Å². The molecule has 0 bridgehead atoms. The monoisotopic (exact) mass is 1330 g/mol. The number of benzene rings is 7. The van der Waals surface area contributed by atoms with E-state index in [1.165, 1.54) is 69.8 Å². The van der Waals surface area contributed by atoms with E-state index in [-0.39, 0.29) is 37.3 Å². The van der Waals surface area contributed by atoms with E-state index in [2.05, 4.69) is 239 Å². The summed E-state index contributed by atoms with van der Waals surface area (Å²) >= 11 is -2.96. The van der Waals surface area contributed by atoms with Crippen molar-refractivity contribution in [3.8, 4) is 28.6 Å². The van der Waals surface area contributed by atoms with Crippen molar-refractivity contribution >= 4 is 80.7 Å². The molecule has 0 amide bonds. The molecule has 0 saturated carbocycles. The first kappa shape index (κ1) is 49.3. The Kier molecular flexibility index (Phi) is 11.9. The molecule has 0 unspecified atom stereocenters. The minimum Gasteiger partial charge on any atom is 2.00 e. The van der Waals surface area contributed by atoms with Crippen molar-refractivity contribution in [2.75, 3.05) is 0 Å². The van der Waals surface area contributed by atoms with Gasteiger partial charge in [0.1, 0.15) is 0 Å². The number of fused-ring (bicyclic) bond motifs is 6. The molecule has 73 heavy (non-hydrogen) atoms. The number of para-hydroxylation sites is 1. The molecule has 0 aliphatic carbocycles. The third-order valence-electron chi connectivity index (χ3n) is 16.1. The van der Waals surface area contributed by atoms with E-state index in [1.54, 1.807) is 6.54 Å². The molecule has 0 atom stereocenters. The summed E-state index contributed by atoms with van der Waals surface area (Å²) in [5, 5.41) is 5.54. The average Bonchev–Trinajstić information content (AvgIpc) is 3.90. The van der Waals surface area contributed by atoms with Gasteiger partial charge in [0.15, 0.2) is 0 Å². The van der Waals surface area contributed by atoms with Crippen molar-refractivity contribution in [2.45, 2.75) is 106 Å². The van der Waals surface area contributed by atoms with Crippen LogP contribution in [0.1, 0.15) is 98.7 Å². The van der Waals surface area contributed by atoms with E-state index in [0.29, 0.717) is 11.5 Å². The fraction of sp³-hybridized carbons (Fsp3) is 0.242. The molecule has 12 rings (SSSR count). The number of pyridine rings is 2. The second-order valence-corrected chi connectivity index (χ2v) is 30.7. The van der Waals surface area contributed by atoms with Crippen molar-refractivity contribution in [1.29, 1.82) is 0 Å². The first-order valence-electron chi connectivity index (χ1n) is 25.3. The summed E-state index contributed by atoms with van der Waals surface area (Å²) in [7, 11) is 0. The Morgan fingerprint density at radius 2 is 1.23 bits per heavy atom. The third kappa shape index (κ3) is 7.67. The van der Waals surface area contributed by atoms with Gasteiger partial charge >= 0.3 is 326 Å². The average molecular weight is 1330 g/mol. The predicted octanol–water partition coefficient (Wildman–Crippen LogP) is 14.4. The Morgan fingerprint density at radius 1 is 0.603 bits per heavy atom. The number of nitrogens with zero attached hydrogens (tertiary/aromatic N) is 4. The van der Waals surface area contributed by atoms with Gasteiger partial charge in [0.25, 0.3) is 0 Å². The Morgan fingerprint density at radius 3 is 1.88 bits per heavy atom. The van der Waals surface area contributed by atoms with Gasteiger partial charge in [-0.15, -0.1) is 0 Å². The van der Waals surface area contributed by atoms with E-state index >= 15 is 0 Å². The molecular weight excluding hydrogens is 1270 g/mol. The van der Waals surface area contributed by atoms with Crippen LogP contribution >= 0.6 is 0 Å². The minimum absolute atomic E-state index is 0. The Labute approximate surface area is 452 Å². The maximum Gasteiger partial charge on any atom is 2.00 e. The molecule has 0 spiro atoms. The Hall–Kier alpha value is -5.93. The van der Waals surface area contributed by atoms with Crippen LogP contribution in [0.4, 0.5) is 0 Å². The van der Waals surface area contributed by atoms with Crippen molar-refractivity contribution in [3.05, 3.63) is 196 Å². The van der Waals surface area contributed by atoms with Crippen LogP contribution in [-0.2, 0) is 37.3 Å². The third-order valence-corrected chi connectivity index (χ3v) is 28.2. The molecule has 366 valence electrons. The molecular formula is C66H61BiN4OPt. The summed E-state index contributed by atoms with van der Waals surface area (Å²) in [6, 6.07) is 54.8. The molecule has 0 N–H and O–H groups in total. The van der Waals surface area contributed by atoms with Gasteiger partial charge in [0, 0.05) is 27.6 Å². The molecule has 0 radical (unpaired) electrons. The van der Waals surface area contributed by atoms with Crippen molar-refractivity contribution in [1.82, 2.24) is 18.9 Å². The quantitative estimate of drug-likeness (QED) is 0.0907. The molecule has 1 aliphatic heterocycles. The van der Waals surface area contributed by atoms with Crippen molar-refractivity contribution < 1.29 is 25.8 Å². The summed E-state index contributed by atoms with van der Waals surface area (Å²) in [5.74, 6) is 2.08. The summed E-state index contributed by atoms with van der Waals surface area (Å²) in [6.45, 7) is 30.0. The van der Waals surface area contributed by atoms with Gasteiger partial charge in [-0.25, -0.2) is 0 Å². The first-order chi connectivity index (χ1) is 34.3. The van der Waals surface area contributed by atoms with Gasteiger partial charge in [-0.1, -0.05) is 76.2 Å².